The lowest BCUT2D eigenvalue weighted by Gasteiger charge is -2.20. The molecule has 0 aromatic heterocycles. The minimum Gasteiger partial charge on any atom is -0.480 e. The Morgan fingerprint density at radius 2 is 1.42 bits per heavy atom. The molecular formula is C18H35NO5. The Labute approximate surface area is 146 Å². The van der Waals surface area contributed by atoms with Gasteiger partial charge in [0.25, 0.3) is 0 Å². The molecule has 0 aliphatic heterocycles. The molecule has 1 N–H and O–H groups in total. The zero-order valence-electron chi connectivity index (χ0n) is 15.4. The van der Waals surface area contributed by atoms with Gasteiger partial charge >= 0.3 is 12.1 Å². The van der Waals surface area contributed by atoms with E-state index in [0.717, 1.165) is 38.8 Å². The van der Waals surface area contributed by atoms with E-state index in [1.54, 1.807) is 0 Å². The molecule has 0 aromatic rings. The van der Waals surface area contributed by atoms with Gasteiger partial charge in [0.05, 0.1) is 20.3 Å². The molecular weight excluding hydrogens is 310 g/mol. The van der Waals surface area contributed by atoms with Crippen LogP contribution in [0.15, 0.2) is 0 Å². The minimum atomic E-state index is -0.771. The number of carboxylic acids is 1. The molecule has 0 aliphatic carbocycles. The average molecular weight is 345 g/mol. The summed E-state index contributed by atoms with van der Waals surface area (Å²) in [5.41, 5.74) is 0. The van der Waals surface area contributed by atoms with E-state index in [1.165, 1.54) is 45.6 Å². The molecule has 0 spiro atoms. The van der Waals surface area contributed by atoms with E-state index < -0.39 is 12.1 Å². The second kappa shape index (κ2) is 16.6. The molecule has 0 saturated heterocycles. The summed E-state index contributed by atoms with van der Waals surface area (Å²) in [5, 5.41) is 9.00. The molecule has 0 atom stereocenters. The van der Waals surface area contributed by atoms with Gasteiger partial charge < -0.3 is 14.6 Å². The first kappa shape index (κ1) is 22.7. The fourth-order valence-corrected chi connectivity index (χ4v) is 2.58. The Balaban J connectivity index is 3.69. The Morgan fingerprint density at radius 3 is 1.96 bits per heavy atom. The van der Waals surface area contributed by atoms with Gasteiger partial charge in [-0.25, -0.2) is 4.79 Å². The molecule has 24 heavy (non-hydrogen) atoms. The third-order valence-electron chi connectivity index (χ3n) is 3.94. The molecule has 0 unspecified atom stereocenters. The van der Waals surface area contributed by atoms with Crippen LogP contribution in [0.1, 0.15) is 71.1 Å². The van der Waals surface area contributed by atoms with Crippen LogP contribution < -0.4 is 0 Å². The molecule has 0 bridgehead atoms. The van der Waals surface area contributed by atoms with Gasteiger partial charge in [0.15, 0.2) is 0 Å². The number of unbranched alkanes of at least 4 members (excludes halogenated alkanes) is 8. The van der Waals surface area contributed by atoms with Gasteiger partial charge in [0.1, 0.15) is 0 Å². The normalized spacial score (nSPS) is 10.8. The maximum absolute atomic E-state index is 10.9. The van der Waals surface area contributed by atoms with Crippen LogP contribution in [0.25, 0.3) is 0 Å². The number of carbonyl (C=O) groups excluding carboxylic acids is 1. The maximum Gasteiger partial charge on any atom is 0.507 e. The summed E-state index contributed by atoms with van der Waals surface area (Å²) < 4.78 is 9.20. The van der Waals surface area contributed by atoms with Gasteiger partial charge in [-0.2, -0.15) is 0 Å². The summed E-state index contributed by atoms with van der Waals surface area (Å²) in [6.45, 7) is 4.29. The predicted molar refractivity (Wildman–Crippen MR) is 94.3 cm³/mol. The largest absolute Gasteiger partial charge is 0.507 e. The van der Waals surface area contributed by atoms with Gasteiger partial charge in [-0.1, -0.05) is 45.4 Å². The van der Waals surface area contributed by atoms with Crippen molar-refractivity contribution in [3.8, 4) is 0 Å². The second-order valence-electron chi connectivity index (χ2n) is 6.15. The topological polar surface area (TPSA) is 76.1 Å². The van der Waals surface area contributed by atoms with Crippen molar-refractivity contribution < 1.29 is 24.2 Å². The Morgan fingerprint density at radius 1 is 0.875 bits per heavy atom. The first-order valence-corrected chi connectivity index (χ1v) is 9.25. The van der Waals surface area contributed by atoms with E-state index >= 15 is 0 Å². The number of carboxylic acid groups (broad SMARTS) is 1. The molecule has 0 saturated carbocycles. The van der Waals surface area contributed by atoms with E-state index in [-0.39, 0.29) is 6.54 Å². The van der Waals surface area contributed by atoms with Crippen molar-refractivity contribution in [1.82, 2.24) is 4.90 Å². The zero-order valence-corrected chi connectivity index (χ0v) is 15.4. The van der Waals surface area contributed by atoms with E-state index in [4.69, 9.17) is 9.84 Å². The average Bonchev–Trinajstić information content (AvgIpc) is 2.55. The van der Waals surface area contributed by atoms with Crippen LogP contribution in [0.2, 0.25) is 0 Å². The first-order valence-electron chi connectivity index (χ1n) is 9.25. The second-order valence-corrected chi connectivity index (χ2v) is 6.15. The molecule has 0 rings (SSSR count). The zero-order chi connectivity index (χ0) is 18.0. The highest BCUT2D eigenvalue weighted by Crippen LogP contribution is 2.08. The summed E-state index contributed by atoms with van der Waals surface area (Å²) in [5.74, 6) is -0.771. The summed E-state index contributed by atoms with van der Waals surface area (Å²) in [6, 6.07) is 0. The van der Waals surface area contributed by atoms with Crippen LogP contribution in [0, 0.1) is 0 Å². The number of hydrogen-bond donors (Lipinski definition) is 1. The van der Waals surface area contributed by atoms with Crippen molar-refractivity contribution in [3.05, 3.63) is 0 Å². The minimum absolute atomic E-state index is 0.106. The van der Waals surface area contributed by atoms with Crippen molar-refractivity contribution in [1.29, 1.82) is 0 Å². The third-order valence-corrected chi connectivity index (χ3v) is 3.94. The van der Waals surface area contributed by atoms with Crippen molar-refractivity contribution >= 4 is 12.1 Å². The van der Waals surface area contributed by atoms with Crippen molar-refractivity contribution in [2.24, 2.45) is 0 Å². The number of hydrogen-bond acceptors (Lipinski definition) is 5. The van der Waals surface area contributed by atoms with Crippen LogP contribution in [0.4, 0.5) is 4.79 Å². The van der Waals surface area contributed by atoms with E-state index in [9.17, 15) is 9.59 Å². The lowest BCUT2D eigenvalue weighted by Crippen LogP contribution is -2.31. The van der Waals surface area contributed by atoms with Gasteiger partial charge in [0.2, 0.25) is 0 Å². The van der Waals surface area contributed by atoms with E-state index in [2.05, 4.69) is 11.7 Å². The number of carbonyl (C=O) groups is 2. The van der Waals surface area contributed by atoms with Crippen molar-refractivity contribution in [3.63, 3.8) is 0 Å². The Bertz CT molecular complexity index is 323. The quantitative estimate of drug-likeness (QED) is 0.335. The van der Waals surface area contributed by atoms with Gasteiger partial charge in [0, 0.05) is 0 Å². The molecule has 0 heterocycles. The molecule has 0 fully saturated rings. The van der Waals surface area contributed by atoms with E-state index in [0.29, 0.717) is 6.61 Å². The lowest BCUT2D eigenvalue weighted by molar-refractivity contribution is -0.138. The predicted octanol–water partition coefficient (Wildman–Crippen LogP) is 4.08. The highest BCUT2D eigenvalue weighted by atomic mass is 16.7. The summed E-state index contributed by atoms with van der Waals surface area (Å²) in [4.78, 5) is 23.7. The SMILES string of the molecule is CCCCCCCCCN(CCCCCOC(=O)OC)CC(=O)O. The number of rotatable bonds is 16. The molecule has 6 heteroatoms. The van der Waals surface area contributed by atoms with Crippen LogP contribution in [-0.4, -0.2) is 55.5 Å². The number of aliphatic carboxylic acids is 1. The molecule has 142 valence electrons. The molecule has 6 nitrogen and oxygen atoms in total. The van der Waals surface area contributed by atoms with Gasteiger partial charge in [-0.3, -0.25) is 9.69 Å². The van der Waals surface area contributed by atoms with Crippen molar-refractivity contribution in [2.45, 2.75) is 71.1 Å². The molecule has 0 aromatic carbocycles. The Kier molecular flexibility index (Phi) is 15.7. The van der Waals surface area contributed by atoms with Crippen LogP contribution in [-0.2, 0) is 14.3 Å². The third kappa shape index (κ3) is 15.6. The van der Waals surface area contributed by atoms with Gasteiger partial charge in [-0.15, -0.1) is 0 Å². The summed E-state index contributed by atoms with van der Waals surface area (Å²) >= 11 is 0. The monoisotopic (exact) mass is 345 g/mol. The standard InChI is InChI=1S/C18H35NO5/c1-3-4-5-6-7-8-10-13-19(16-17(20)21)14-11-9-12-15-24-18(22)23-2/h3-16H2,1-2H3,(H,20,21). The summed E-state index contributed by atoms with van der Waals surface area (Å²) in [7, 11) is 1.29. The lowest BCUT2D eigenvalue weighted by atomic mass is 10.1. The summed E-state index contributed by atoms with van der Waals surface area (Å²) in [6.07, 6.45) is 10.6. The van der Waals surface area contributed by atoms with Gasteiger partial charge in [-0.05, 0) is 38.8 Å². The maximum atomic E-state index is 10.9. The first-order chi connectivity index (χ1) is 11.6. The Hall–Kier alpha value is -1.30. The van der Waals surface area contributed by atoms with Crippen LogP contribution in [0.3, 0.4) is 0 Å². The molecule has 0 amide bonds. The highest BCUT2D eigenvalue weighted by Gasteiger charge is 2.09. The number of ether oxygens (including phenoxy) is 2. The fraction of sp³-hybridized carbons (Fsp3) is 0.889. The smallest absolute Gasteiger partial charge is 0.480 e. The highest BCUT2D eigenvalue weighted by molar-refractivity contribution is 5.69. The van der Waals surface area contributed by atoms with Crippen molar-refractivity contribution in [2.75, 3.05) is 33.4 Å². The number of nitrogens with zero attached hydrogens (tertiary/aromatic N) is 1. The molecule has 0 radical (unpaired) electrons. The number of methoxy groups -OCH3 is 1. The van der Waals surface area contributed by atoms with E-state index in [1.807, 2.05) is 4.90 Å². The molecule has 0 aliphatic rings. The van der Waals surface area contributed by atoms with Crippen LogP contribution in [0.5, 0.6) is 0 Å². The fourth-order valence-electron chi connectivity index (χ4n) is 2.58. The van der Waals surface area contributed by atoms with Crippen LogP contribution >= 0.6 is 0 Å².